The van der Waals surface area contributed by atoms with Gasteiger partial charge in [0.1, 0.15) is 0 Å². The highest BCUT2D eigenvalue weighted by Gasteiger charge is 2.58. The minimum atomic E-state index is -0.589. The molecule has 3 aliphatic heterocycles. The van der Waals surface area contributed by atoms with Crippen molar-refractivity contribution in [3.05, 3.63) is 206 Å². The second-order valence-electron chi connectivity index (χ2n) is 35.2. The van der Waals surface area contributed by atoms with Crippen molar-refractivity contribution in [3.8, 4) is 44.9 Å². The highest BCUT2D eigenvalue weighted by Crippen LogP contribution is 2.66. The molecule has 1 spiro atoms. The van der Waals surface area contributed by atoms with E-state index >= 15 is 0 Å². The maximum absolute atomic E-state index is 2.97. The summed E-state index contributed by atoms with van der Waals surface area (Å²) in [6.07, 6.45) is 9.34. The molecule has 19 rings (SSSR count). The van der Waals surface area contributed by atoms with Crippen molar-refractivity contribution in [2.45, 2.75) is 211 Å². The van der Waals surface area contributed by atoms with Crippen LogP contribution in [0, 0.1) is 0 Å². The third kappa shape index (κ3) is 6.31. The van der Waals surface area contributed by atoms with E-state index in [1.807, 2.05) is 0 Å². The standard InChI is InChI=1S/C87H87BN2/c1-79(2)35-37-81(5,6)59-43-49(29-31-56(59)79)67-68-51-24-18-17-23-48(51)45-64-77(68)89(74(67)50-30-32-57-60(44-50)82(7,8)38-36-80(57,3)4)66-34-33-58-76-73(66)88(64)65-47-62-72(86(15,16)42-40-84(62,11)12)70-69-71-61(83(9,10)39-41-85(71,13)14)46-63(75(69)90(76)78(65)70)87(58)54-27-21-19-25-52(54)53-26-20-22-28-55(53)87/h17-34,43-47H,35-42H2,1-16H3. The Kier molecular flexibility index (Phi) is 9.94. The summed E-state index contributed by atoms with van der Waals surface area (Å²) < 4.78 is 5.84. The molecular formula is C87H87BN2. The zero-order valence-corrected chi connectivity index (χ0v) is 56.4. The Hall–Kier alpha value is -7.36. The van der Waals surface area contributed by atoms with Gasteiger partial charge in [-0.2, -0.15) is 0 Å². The van der Waals surface area contributed by atoms with E-state index in [1.54, 1.807) is 33.0 Å². The molecule has 0 amide bonds. The van der Waals surface area contributed by atoms with Gasteiger partial charge in [0.05, 0.1) is 22.1 Å². The molecule has 11 aromatic rings. The van der Waals surface area contributed by atoms with E-state index in [0.29, 0.717) is 0 Å². The zero-order valence-electron chi connectivity index (χ0n) is 56.4. The van der Waals surface area contributed by atoms with Crippen LogP contribution in [0.4, 0.5) is 0 Å². The van der Waals surface area contributed by atoms with Crippen molar-refractivity contribution in [3.63, 3.8) is 0 Å². The van der Waals surface area contributed by atoms with Gasteiger partial charge in [-0.05, 0) is 223 Å². The number of nitrogens with zero attached hydrogens (tertiary/aromatic N) is 2. The van der Waals surface area contributed by atoms with Crippen LogP contribution in [0.5, 0.6) is 0 Å². The second kappa shape index (κ2) is 16.5. The van der Waals surface area contributed by atoms with Crippen LogP contribution in [0.2, 0.25) is 0 Å². The maximum atomic E-state index is 2.97. The number of benzene rings is 9. The van der Waals surface area contributed by atoms with E-state index in [9.17, 15) is 0 Å². The van der Waals surface area contributed by atoms with Crippen molar-refractivity contribution in [2.24, 2.45) is 0 Å². The Morgan fingerprint density at radius 1 is 0.333 bits per heavy atom. The number of rotatable bonds is 2. The Morgan fingerprint density at radius 2 is 0.789 bits per heavy atom. The molecule has 9 aromatic carbocycles. The van der Waals surface area contributed by atoms with E-state index in [0.717, 1.165) is 32.1 Å². The van der Waals surface area contributed by atoms with E-state index in [4.69, 9.17) is 0 Å². The molecule has 0 bridgehead atoms. The second-order valence-corrected chi connectivity index (χ2v) is 35.2. The van der Waals surface area contributed by atoms with Crippen LogP contribution in [-0.2, 0) is 48.7 Å². The SMILES string of the molecule is CC1(C)CCC(C)(C)c2cc(-c3c(-c4ccc5c(c4)C(C)(C)CCC5(C)C)n4c5c(cc6ccccc6c35)B3c5c-4ccc4c5-n5c6c3cc3c(c6c6c7c(cc(c65)C45c4ccccc4-c4ccccc45)C(C)(C)CCC7(C)C)C(C)(C)CCC3(C)C)ccc21. The lowest BCUT2D eigenvalue weighted by Crippen LogP contribution is -2.61. The molecule has 0 saturated carbocycles. The van der Waals surface area contributed by atoms with Gasteiger partial charge in [-0.1, -0.05) is 238 Å². The highest BCUT2D eigenvalue weighted by molar-refractivity contribution is 7.00. The molecule has 2 nitrogen and oxygen atoms in total. The number of hydrogen-bond acceptors (Lipinski definition) is 0. The highest BCUT2D eigenvalue weighted by atomic mass is 15.1. The molecule has 8 aliphatic rings. The molecule has 90 heavy (non-hydrogen) atoms. The molecule has 5 aliphatic carbocycles. The summed E-state index contributed by atoms with van der Waals surface area (Å²) in [5, 5.41) is 7.15. The topological polar surface area (TPSA) is 9.86 Å². The lowest BCUT2D eigenvalue weighted by Gasteiger charge is -2.47. The van der Waals surface area contributed by atoms with Crippen LogP contribution in [0.1, 0.15) is 229 Å². The van der Waals surface area contributed by atoms with E-state index in [1.165, 1.54) is 158 Å². The first kappa shape index (κ1) is 54.4. The average Bonchev–Trinajstić information content (AvgIpc) is 1.43. The molecule has 0 unspecified atom stereocenters. The van der Waals surface area contributed by atoms with E-state index < -0.39 is 5.41 Å². The van der Waals surface area contributed by atoms with Gasteiger partial charge in [0.15, 0.2) is 0 Å². The maximum Gasteiger partial charge on any atom is 0.252 e. The van der Waals surface area contributed by atoms with Crippen LogP contribution in [-0.4, -0.2) is 15.8 Å². The molecule has 2 aromatic heterocycles. The van der Waals surface area contributed by atoms with Crippen LogP contribution in [0.25, 0.3) is 88.4 Å². The third-order valence-corrected chi connectivity index (χ3v) is 26.5. The van der Waals surface area contributed by atoms with E-state index in [2.05, 4.69) is 259 Å². The predicted octanol–water partition coefficient (Wildman–Crippen LogP) is 20.4. The van der Waals surface area contributed by atoms with Gasteiger partial charge in [-0.3, -0.25) is 0 Å². The van der Waals surface area contributed by atoms with Crippen molar-refractivity contribution in [2.75, 3.05) is 0 Å². The minimum Gasteiger partial charge on any atom is -0.310 e. The molecule has 0 saturated heterocycles. The van der Waals surface area contributed by atoms with Crippen molar-refractivity contribution < 1.29 is 0 Å². The zero-order chi connectivity index (χ0) is 62.1. The molecule has 0 radical (unpaired) electrons. The Labute approximate surface area is 534 Å². The molecule has 0 N–H and O–H groups in total. The fourth-order valence-electron chi connectivity index (χ4n) is 21.2. The van der Waals surface area contributed by atoms with Crippen molar-refractivity contribution >= 4 is 66.6 Å². The molecule has 3 heteroatoms. The fourth-order valence-corrected chi connectivity index (χ4v) is 21.2. The molecule has 0 atom stereocenters. The first-order valence-electron chi connectivity index (χ1n) is 34.6. The summed E-state index contributed by atoms with van der Waals surface area (Å²) in [5.74, 6) is 0. The molecule has 0 fully saturated rings. The Bertz CT molecular complexity index is 5150. The number of fused-ring (bicyclic) bond motifs is 19. The summed E-state index contributed by atoms with van der Waals surface area (Å²) >= 11 is 0. The minimum absolute atomic E-state index is 0.0199. The lowest BCUT2D eigenvalue weighted by molar-refractivity contribution is 0.332. The van der Waals surface area contributed by atoms with E-state index in [-0.39, 0.29) is 50.0 Å². The van der Waals surface area contributed by atoms with Gasteiger partial charge < -0.3 is 9.13 Å². The molecule has 5 heterocycles. The van der Waals surface area contributed by atoms with Crippen LogP contribution in [0.15, 0.2) is 140 Å². The van der Waals surface area contributed by atoms with Crippen LogP contribution in [0.3, 0.4) is 0 Å². The summed E-state index contributed by atoms with van der Waals surface area (Å²) in [7, 11) is 0. The summed E-state index contributed by atoms with van der Waals surface area (Å²) in [5.41, 5.74) is 37.1. The van der Waals surface area contributed by atoms with Crippen LogP contribution < -0.4 is 16.4 Å². The largest absolute Gasteiger partial charge is 0.310 e. The Morgan fingerprint density at radius 3 is 1.39 bits per heavy atom. The van der Waals surface area contributed by atoms with Gasteiger partial charge in [0.25, 0.3) is 6.71 Å². The van der Waals surface area contributed by atoms with Crippen molar-refractivity contribution in [1.82, 2.24) is 9.13 Å². The normalized spacial score (nSPS) is 21.3. The number of hydrogen-bond donors (Lipinski definition) is 0. The number of aromatic nitrogens is 2. The average molecular weight is 1170 g/mol. The van der Waals surface area contributed by atoms with Crippen LogP contribution >= 0.6 is 0 Å². The monoisotopic (exact) mass is 1170 g/mol. The third-order valence-electron chi connectivity index (χ3n) is 26.5. The predicted molar refractivity (Wildman–Crippen MR) is 383 cm³/mol. The lowest BCUT2D eigenvalue weighted by atomic mass is 9.33. The fraction of sp³-hybridized carbons (Fsp3) is 0.379. The smallest absolute Gasteiger partial charge is 0.252 e. The summed E-state index contributed by atoms with van der Waals surface area (Å²) in [6.45, 7) is 40.7. The first-order valence-corrected chi connectivity index (χ1v) is 34.6. The Balaban J connectivity index is 1.07. The van der Waals surface area contributed by atoms with Gasteiger partial charge in [-0.25, -0.2) is 0 Å². The van der Waals surface area contributed by atoms with Gasteiger partial charge in [0.2, 0.25) is 0 Å². The van der Waals surface area contributed by atoms with Crippen molar-refractivity contribution in [1.29, 1.82) is 0 Å². The van der Waals surface area contributed by atoms with Gasteiger partial charge >= 0.3 is 0 Å². The van der Waals surface area contributed by atoms with Gasteiger partial charge in [0, 0.05) is 38.6 Å². The van der Waals surface area contributed by atoms with Gasteiger partial charge in [-0.15, -0.1) is 0 Å². The molecular weight excluding hydrogens is 1080 g/mol. The summed E-state index contributed by atoms with van der Waals surface area (Å²) in [4.78, 5) is 0. The molecule has 448 valence electrons. The first-order chi connectivity index (χ1) is 42.6. The summed E-state index contributed by atoms with van der Waals surface area (Å²) in [6, 6.07) is 58.0. The quantitative estimate of drug-likeness (QED) is 0.153.